The maximum atomic E-state index is 12.3. The number of benzene rings is 1. The molecule has 1 N–H and O–H groups in total. The van der Waals surface area contributed by atoms with Crippen molar-refractivity contribution in [2.75, 3.05) is 13.1 Å². The Morgan fingerprint density at radius 1 is 1.48 bits per heavy atom. The van der Waals surface area contributed by atoms with E-state index >= 15 is 0 Å². The Kier molecular flexibility index (Phi) is 3.38. The highest BCUT2D eigenvalue weighted by atomic mass is 16.3. The number of nitrogens with zero attached hydrogens (tertiary/aromatic N) is 1. The van der Waals surface area contributed by atoms with Crippen LogP contribution in [0, 0.1) is 12.8 Å². The molecule has 3 unspecified atom stereocenters. The highest BCUT2D eigenvalue weighted by Crippen LogP contribution is 2.57. The van der Waals surface area contributed by atoms with Crippen LogP contribution in [0.1, 0.15) is 42.4 Å². The van der Waals surface area contributed by atoms with E-state index < -0.39 is 0 Å². The van der Waals surface area contributed by atoms with E-state index in [1.54, 1.807) is 0 Å². The van der Waals surface area contributed by atoms with Crippen molar-refractivity contribution in [3.63, 3.8) is 0 Å². The van der Waals surface area contributed by atoms with Crippen LogP contribution in [0.25, 0.3) is 0 Å². The largest absolute Gasteiger partial charge is 0.507 e. The molecule has 1 saturated heterocycles. The van der Waals surface area contributed by atoms with Crippen LogP contribution in [0.4, 0.5) is 0 Å². The second kappa shape index (κ2) is 5.20. The van der Waals surface area contributed by atoms with Gasteiger partial charge in [0.2, 0.25) is 0 Å². The molecule has 2 bridgehead atoms. The molecule has 0 aromatic heterocycles. The molecule has 0 radical (unpaired) electrons. The molecule has 23 heavy (non-hydrogen) atoms. The number of likely N-dealkylation sites (tertiary alicyclic amines) is 1. The fraction of sp³-hybridized carbons (Fsp3) is 0.550. The summed E-state index contributed by atoms with van der Waals surface area (Å²) in [5.74, 6) is 1.29. The number of carbonyl (C=O) groups excluding carboxylic acids is 1. The van der Waals surface area contributed by atoms with Gasteiger partial charge in [0.15, 0.2) is 0 Å². The van der Waals surface area contributed by atoms with E-state index in [4.69, 9.17) is 0 Å². The van der Waals surface area contributed by atoms with Crippen molar-refractivity contribution < 1.29 is 9.90 Å². The minimum absolute atomic E-state index is 0.138. The fourth-order valence-electron chi connectivity index (χ4n) is 5.51. The molecule has 1 saturated carbocycles. The van der Waals surface area contributed by atoms with Crippen LogP contribution in [0.3, 0.4) is 0 Å². The highest BCUT2D eigenvalue weighted by molar-refractivity contribution is 5.82. The van der Waals surface area contributed by atoms with Gasteiger partial charge in [-0.25, -0.2) is 0 Å². The van der Waals surface area contributed by atoms with E-state index in [9.17, 15) is 9.90 Å². The van der Waals surface area contributed by atoms with Crippen molar-refractivity contribution in [2.45, 2.75) is 50.5 Å². The van der Waals surface area contributed by atoms with Gasteiger partial charge in [-0.1, -0.05) is 18.2 Å². The summed E-state index contributed by atoms with van der Waals surface area (Å²) in [5.41, 5.74) is 3.14. The van der Waals surface area contributed by atoms with E-state index in [2.05, 4.69) is 17.5 Å². The van der Waals surface area contributed by atoms with E-state index in [-0.39, 0.29) is 5.41 Å². The van der Waals surface area contributed by atoms with Gasteiger partial charge in [-0.3, -0.25) is 9.69 Å². The summed E-state index contributed by atoms with van der Waals surface area (Å²) < 4.78 is 0. The van der Waals surface area contributed by atoms with Crippen LogP contribution in [0.2, 0.25) is 0 Å². The van der Waals surface area contributed by atoms with Crippen molar-refractivity contribution in [3.05, 3.63) is 41.5 Å². The second-order valence-corrected chi connectivity index (χ2v) is 7.59. The predicted octanol–water partition coefficient (Wildman–Crippen LogP) is 3.12. The number of fused-ring (bicyclic) bond motifs is 1. The first-order valence-corrected chi connectivity index (χ1v) is 8.75. The van der Waals surface area contributed by atoms with Crippen molar-refractivity contribution in [3.8, 4) is 5.75 Å². The summed E-state index contributed by atoms with van der Waals surface area (Å²) >= 11 is 0. The number of ketones is 1. The lowest BCUT2D eigenvalue weighted by molar-refractivity contribution is -0.127. The van der Waals surface area contributed by atoms with Crippen molar-refractivity contribution in [1.29, 1.82) is 0 Å². The molecule has 3 nitrogen and oxygen atoms in total. The molecule has 3 heteroatoms. The molecule has 0 amide bonds. The first-order valence-electron chi connectivity index (χ1n) is 8.75. The minimum atomic E-state index is -0.138. The maximum absolute atomic E-state index is 12.3. The standard InChI is InChI=1S/C20H25NO2/c1-3-9-21-10-8-20-12-15(22)6-7-16(20)17(21)11-14-5-4-13(2)19(23)18(14)20/h3-5,16-17,23H,1,6-12H2,2H3. The SMILES string of the molecule is C=CCN1CCC23CC(=O)CCC2C1Cc1ccc(C)c(O)c13. The fourth-order valence-corrected chi connectivity index (χ4v) is 5.51. The molecule has 4 rings (SSSR count). The number of hydrogen-bond acceptors (Lipinski definition) is 3. The summed E-state index contributed by atoms with van der Waals surface area (Å²) in [5, 5.41) is 10.8. The smallest absolute Gasteiger partial charge is 0.133 e. The van der Waals surface area contributed by atoms with E-state index in [0.717, 1.165) is 43.5 Å². The Bertz CT molecular complexity index is 680. The molecule has 122 valence electrons. The summed E-state index contributed by atoms with van der Waals surface area (Å²) in [6.45, 7) is 7.78. The number of carbonyl (C=O) groups is 1. The van der Waals surface area contributed by atoms with Crippen LogP contribution < -0.4 is 0 Å². The topological polar surface area (TPSA) is 40.5 Å². The third kappa shape index (κ3) is 2.02. The van der Waals surface area contributed by atoms with Crippen LogP contribution in [0.5, 0.6) is 5.75 Å². The molecular formula is C20H25NO2. The molecule has 3 atom stereocenters. The molecular weight excluding hydrogens is 286 g/mol. The first-order chi connectivity index (χ1) is 11.1. The zero-order valence-electron chi connectivity index (χ0n) is 13.8. The Labute approximate surface area is 138 Å². The van der Waals surface area contributed by atoms with Crippen molar-refractivity contribution >= 4 is 5.78 Å². The first kappa shape index (κ1) is 14.9. The van der Waals surface area contributed by atoms with Gasteiger partial charge in [0.25, 0.3) is 0 Å². The van der Waals surface area contributed by atoms with Crippen LogP contribution in [-0.4, -0.2) is 34.9 Å². The molecule has 3 aliphatic rings. The van der Waals surface area contributed by atoms with Gasteiger partial charge in [0.1, 0.15) is 11.5 Å². The molecule has 2 aliphatic carbocycles. The zero-order chi connectivity index (χ0) is 16.2. The van der Waals surface area contributed by atoms with Gasteiger partial charge in [-0.2, -0.15) is 0 Å². The molecule has 1 aromatic carbocycles. The van der Waals surface area contributed by atoms with Gasteiger partial charge in [0, 0.05) is 36.4 Å². The second-order valence-electron chi connectivity index (χ2n) is 7.59. The van der Waals surface area contributed by atoms with E-state index in [1.165, 1.54) is 5.56 Å². The number of Topliss-reactive ketones (excluding diaryl/α,β-unsaturated/α-hetero) is 1. The van der Waals surface area contributed by atoms with Gasteiger partial charge in [0.05, 0.1) is 0 Å². The van der Waals surface area contributed by atoms with Gasteiger partial charge in [-0.05, 0) is 49.8 Å². The lowest BCUT2D eigenvalue weighted by atomic mass is 9.52. The summed E-state index contributed by atoms with van der Waals surface area (Å²) in [6, 6.07) is 4.67. The molecule has 1 heterocycles. The normalized spacial score (nSPS) is 33.0. The summed E-state index contributed by atoms with van der Waals surface area (Å²) in [7, 11) is 0. The molecule has 1 aliphatic heterocycles. The molecule has 1 aromatic rings. The third-order valence-electron chi connectivity index (χ3n) is 6.49. The quantitative estimate of drug-likeness (QED) is 0.853. The Morgan fingerprint density at radius 2 is 2.30 bits per heavy atom. The Morgan fingerprint density at radius 3 is 3.09 bits per heavy atom. The van der Waals surface area contributed by atoms with Crippen LogP contribution in [-0.2, 0) is 16.6 Å². The maximum Gasteiger partial charge on any atom is 0.133 e. The lowest BCUT2D eigenvalue weighted by Gasteiger charge is -2.58. The van der Waals surface area contributed by atoms with Crippen molar-refractivity contribution in [1.82, 2.24) is 4.90 Å². The molecule has 2 fully saturated rings. The summed E-state index contributed by atoms with van der Waals surface area (Å²) in [6.07, 6.45) is 6.22. The van der Waals surface area contributed by atoms with Gasteiger partial charge in [-0.15, -0.1) is 6.58 Å². The number of aryl methyl sites for hydroxylation is 1. The van der Waals surface area contributed by atoms with E-state index in [1.807, 2.05) is 19.1 Å². The molecule has 0 spiro atoms. The average Bonchev–Trinajstić information content (AvgIpc) is 2.53. The number of piperidine rings is 1. The van der Waals surface area contributed by atoms with Gasteiger partial charge >= 0.3 is 0 Å². The van der Waals surface area contributed by atoms with Gasteiger partial charge < -0.3 is 5.11 Å². The number of phenolic OH excluding ortho intramolecular Hbond substituents is 1. The third-order valence-corrected chi connectivity index (χ3v) is 6.49. The summed E-state index contributed by atoms with van der Waals surface area (Å²) in [4.78, 5) is 14.8. The number of phenols is 1. The number of aromatic hydroxyl groups is 1. The number of rotatable bonds is 2. The Hall–Kier alpha value is -1.61. The minimum Gasteiger partial charge on any atom is -0.507 e. The monoisotopic (exact) mass is 311 g/mol. The Balaban J connectivity index is 1.90. The predicted molar refractivity (Wildman–Crippen MR) is 90.7 cm³/mol. The van der Waals surface area contributed by atoms with Crippen molar-refractivity contribution in [2.24, 2.45) is 5.92 Å². The van der Waals surface area contributed by atoms with E-state index in [0.29, 0.717) is 36.3 Å². The number of hydrogen-bond donors (Lipinski definition) is 1. The van der Waals surface area contributed by atoms with Crippen LogP contribution >= 0.6 is 0 Å². The zero-order valence-corrected chi connectivity index (χ0v) is 13.8. The van der Waals surface area contributed by atoms with Crippen LogP contribution in [0.15, 0.2) is 24.8 Å². The lowest BCUT2D eigenvalue weighted by Crippen LogP contribution is -2.61. The average molecular weight is 311 g/mol. The highest BCUT2D eigenvalue weighted by Gasteiger charge is 2.56.